The fourth-order valence-electron chi connectivity index (χ4n) is 3.76. The maximum absolute atomic E-state index is 4.87. The summed E-state index contributed by atoms with van der Waals surface area (Å²) in [4.78, 5) is 15.3. The van der Waals surface area contributed by atoms with Gasteiger partial charge >= 0.3 is 0 Å². The minimum atomic E-state index is 0.792. The van der Waals surface area contributed by atoms with E-state index < -0.39 is 0 Å². The van der Waals surface area contributed by atoms with E-state index >= 15 is 0 Å². The Balaban J connectivity index is 1.52. The van der Waals surface area contributed by atoms with Crippen molar-refractivity contribution in [2.45, 2.75) is 6.92 Å². The molecule has 0 radical (unpaired) electrons. The van der Waals surface area contributed by atoms with Crippen LogP contribution in [0.5, 0.6) is 0 Å². The molecule has 6 rings (SSSR count). The number of thiophene rings is 1. The highest BCUT2D eigenvalue weighted by Gasteiger charge is 2.16. The van der Waals surface area contributed by atoms with Crippen LogP contribution in [0.25, 0.3) is 55.0 Å². The van der Waals surface area contributed by atoms with Crippen LogP contribution >= 0.6 is 11.3 Å². The van der Waals surface area contributed by atoms with Crippen LogP contribution in [0.4, 0.5) is 0 Å². The van der Waals surface area contributed by atoms with Crippen LogP contribution in [0, 0.1) is 6.92 Å². The molecule has 8 heteroatoms. The van der Waals surface area contributed by atoms with Crippen LogP contribution < -0.4 is 0 Å². The van der Waals surface area contributed by atoms with Crippen LogP contribution in [0.3, 0.4) is 0 Å². The zero-order chi connectivity index (χ0) is 20.2. The van der Waals surface area contributed by atoms with E-state index in [-0.39, 0.29) is 0 Å². The number of aromatic nitrogens is 7. The summed E-state index contributed by atoms with van der Waals surface area (Å²) in [5, 5.41) is 13.0. The zero-order valence-corrected chi connectivity index (χ0v) is 17.2. The average molecular weight is 411 g/mol. The first-order valence-electron chi connectivity index (χ1n) is 9.54. The Hall–Kier alpha value is -3.78. The van der Waals surface area contributed by atoms with Gasteiger partial charge in [0, 0.05) is 45.7 Å². The fourth-order valence-corrected chi connectivity index (χ4v) is 4.65. The number of pyridine rings is 2. The van der Waals surface area contributed by atoms with Gasteiger partial charge in [-0.25, -0.2) is 4.98 Å². The van der Waals surface area contributed by atoms with Gasteiger partial charge in [0.25, 0.3) is 0 Å². The van der Waals surface area contributed by atoms with E-state index in [1.807, 2.05) is 44.0 Å². The van der Waals surface area contributed by atoms with Gasteiger partial charge in [-0.2, -0.15) is 10.2 Å². The SMILES string of the molecule is Cc1ccc(-c2cncc3[nH]c(-c4n[nH]c5ccc(-c6cnn(C)c6)nc45)cc23)s1. The number of nitrogens with zero attached hydrogens (tertiary/aromatic N) is 5. The summed E-state index contributed by atoms with van der Waals surface area (Å²) in [6.45, 7) is 2.12. The lowest BCUT2D eigenvalue weighted by Crippen LogP contribution is -1.86. The highest BCUT2D eigenvalue weighted by atomic mass is 32.1. The molecule has 0 aromatic carbocycles. The van der Waals surface area contributed by atoms with Gasteiger partial charge in [0.15, 0.2) is 0 Å². The monoisotopic (exact) mass is 411 g/mol. The molecule has 0 fully saturated rings. The number of nitrogens with one attached hydrogen (secondary N) is 2. The maximum Gasteiger partial charge on any atom is 0.135 e. The van der Waals surface area contributed by atoms with Crippen LogP contribution in [0.2, 0.25) is 0 Å². The molecule has 0 aliphatic heterocycles. The summed E-state index contributed by atoms with van der Waals surface area (Å²) in [6.07, 6.45) is 7.55. The molecular formula is C22H17N7S. The summed E-state index contributed by atoms with van der Waals surface area (Å²) in [5.74, 6) is 0. The fraction of sp³-hybridized carbons (Fsp3) is 0.0909. The molecule has 0 amide bonds. The number of aromatic amines is 2. The molecule has 0 bridgehead atoms. The Morgan fingerprint density at radius 3 is 2.77 bits per heavy atom. The second kappa shape index (κ2) is 6.36. The molecule has 0 unspecified atom stereocenters. The number of H-pyrrole nitrogens is 2. The maximum atomic E-state index is 4.87. The van der Waals surface area contributed by atoms with Gasteiger partial charge in [0.05, 0.1) is 34.8 Å². The molecule has 0 aliphatic rings. The van der Waals surface area contributed by atoms with Crippen molar-refractivity contribution in [2.24, 2.45) is 7.05 Å². The lowest BCUT2D eigenvalue weighted by Gasteiger charge is -1.98. The Bertz CT molecular complexity index is 1530. The molecule has 7 nitrogen and oxygen atoms in total. The lowest BCUT2D eigenvalue weighted by molar-refractivity contribution is 0.768. The lowest BCUT2D eigenvalue weighted by atomic mass is 10.1. The molecule has 146 valence electrons. The molecule has 30 heavy (non-hydrogen) atoms. The van der Waals surface area contributed by atoms with E-state index in [0.29, 0.717) is 0 Å². The zero-order valence-electron chi connectivity index (χ0n) is 16.3. The second-order valence-electron chi connectivity index (χ2n) is 7.31. The number of rotatable bonds is 3. The van der Waals surface area contributed by atoms with Crippen molar-refractivity contribution in [2.75, 3.05) is 0 Å². The molecule has 0 atom stereocenters. The molecule has 0 spiro atoms. The predicted octanol–water partition coefficient (Wildman–Crippen LogP) is 4.94. The molecule has 0 aliphatic carbocycles. The first-order valence-corrected chi connectivity index (χ1v) is 10.4. The van der Waals surface area contributed by atoms with E-state index in [1.165, 1.54) is 9.75 Å². The van der Waals surface area contributed by atoms with Crippen molar-refractivity contribution < 1.29 is 0 Å². The van der Waals surface area contributed by atoms with E-state index in [9.17, 15) is 0 Å². The first-order chi connectivity index (χ1) is 14.7. The van der Waals surface area contributed by atoms with Crippen molar-refractivity contribution in [1.29, 1.82) is 0 Å². The van der Waals surface area contributed by atoms with Crippen molar-refractivity contribution in [3.8, 4) is 33.1 Å². The number of hydrogen-bond donors (Lipinski definition) is 2. The smallest absolute Gasteiger partial charge is 0.135 e. The van der Waals surface area contributed by atoms with Crippen LogP contribution in [0.1, 0.15) is 4.88 Å². The number of fused-ring (bicyclic) bond motifs is 2. The Morgan fingerprint density at radius 2 is 1.97 bits per heavy atom. The number of aryl methyl sites for hydroxylation is 2. The molecule has 6 aromatic heterocycles. The van der Waals surface area contributed by atoms with Gasteiger partial charge in [-0.1, -0.05) is 0 Å². The third kappa shape index (κ3) is 2.65. The standard InChI is InChI=1S/C22H17N7S/c1-12-3-6-20(30-12)15-9-23-10-19-14(15)7-18(25-19)22-21-17(27-28-22)5-4-16(26-21)13-8-24-29(2)11-13/h3-11,25H,1-2H3,(H,27,28). The quantitative estimate of drug-likeness (QED) is 0.432. The molecule has 2 N–H and O–H groups in total. The molecule has 0 saturated carbocycles. The molecule has 6 heterocycles. The van der Waals surface area contributed by atoms with E-state index in [1.54, 1.807) is 16.0 Å². The average Bonchev–Trinajstić information content (AvgIpc) is 3.52. The van der Waals surface area contributed by atoms with E-state index in [4.69, 9.17) is 4.98 Å². The number of hydrogen-bond acceptors (Lipinski definition) is 5. The normalized spacial score (nSPS) is 11.7. The van der Waals surface area contributed by atoms with Gasteiger partial charge in [-0.3, -0.25) is 14.8 Å². The van der Waals surface area contributed by atoms with Gasteiger partial charge in [0.2, 0.25) is 0 Å². The van der Waals surface area contributed by atoms with Crippen LogP contribution in [0.15, 0.2) is 55.1 Å². The summed E-state index contributed by atoms with van der Waals surface area (Å²) >= 11 is 1.77. The van der Waals surface area contributed by atoms with Gasteiger partial charge in [0.1, 0.15) is 11.2 Å². The highest BCUT2D eigenvalue weighted by molar-refractivity contribution is 7.15. The summed E-state index contributed by atoms with van der Waals surface area (Å²) in [7, 11) is 1.90. The molecule has 0 saturated heterocycles. The highest BCUT2D eigenvalue weighted by Crippen LogP contribution is 2.36. The van der Waals surface area contributed by atoms with Gasteiger partial charge < -0.3 is 4.98 Å². The van der Waals surface area contributed by atoms with Crippen molar-refractivity contribution in [3.63, 3.8) is 0 Å². The van der Waals surface area contributed by atoms with Crippen LogP contribution in [-0.4, -0.2) is 34.9 Å². The van der Waals surface area contributed by atoms with Crippen molar-refractivity contribution >= 4 is 33.3 Å². The summed E-state index contributed by atoms with van der Waals surface area (Å²) in [6, 6.07) is 10.4. The predicted molar refractivity (Wildman–Crippen MR) is 119 cm³/mol. The third-order valence-electron chi connectivity index (χ3n) is 5.21. The second-order valence-corrected chi connectivity index (χ2v) is 8.60. The van der Waals surface area contributed by atoms with Crippen LogP contribution in [-0.2, 0) is 7.05 Å². The van der Waals surface area contributed by atoms with Crippen molar-refractivity contribution in [1.82, 2.24) is 34.9 Å². The summed E-state index contributed by atoms with van der Waals surface area (Å²) < 4.78 is 1.77. The minimum Gasteiger partial charge on any atom is -0.352 e. The largest absolute Gasteiger partial charge is 0.352 e. The Morgan fingerprint density at radius 1 is 1.03 bits per heavy atom. The van der Waals surface area contributed by atoms with Gasteiger partial charge in [-0.15, -0.1) is 11.3 Å². The topological polar surface area (TPSA) is 88.1 Å². The van der Waals surface area contributed by atoms with Crippen molar-refractivity contribution in [3.05, 3.63) is 60.0 Å². The molecular weight excluding hydrogens is 394 g/mol. The Labute approximate surface area is 175 Å². The van der Waals surface area contributed by atoms with E-state index in [2.05, 4.69) is 50.4 Å². The third-order valence-corrected chi connectivity index (χ3v) is 6.25. The summed E-state index contributed by atoms with van der Waals surface area (Å²) in [5.41, 5.74) is 7.36. The van der Waals surface area contributed by atoms with Gasteiger partial charge in [-0.05, 0) is 37.3 Å². The minimum absolute atomic E-state index is 0.792. The molecule has 6 aromatic rings. The first kappa shape index (κ1) is 17.1. The van der Waals surface area contributed by atoms with E-state index in [0.717, 1.165) is 50.1 Å². The Kier molecular flexibility index (Phi) is 3.63.